The van der Waals surface area contributed by atoms with E-state index in [4.69, 9.17) is 16.3 Å². The lowest BCUT2D eigenvalue weighted by atomic mass is 10.0. The first-order valence-electron chi connectivity index (χ1n) is 10.4. The molecule has 0 radical (unpaired) electrons. The van der Waals surface area contributed by atoms with E-state index in [-0.39, 0.29) is 4.90 Å². The second-order valence-corrected chi connectivity index (χ2v) is 10.9. The molecule has 2 aromatic carbocycles. The van der Waals surface area contributed by atoms with E-state index >= 15 is 0 Å². The van der Waals surface area contributed by atoms with Crippen LogP contribution in [0.1, 0.15) is 5.56 Å². The summed E-state index contributed by atoms with van der Waals surface area (Å²) in [6, 6.07) is 12.9. The standard InChI is InChI=1S/C23H21ClN4O3S2/c1-15-2-4-16(5-3-15)18-13-32-23-21(18)22(25-14-26-23)27-20-12-17(6-7-19(20)24)33(29,30)28-8-10-31-11-9-28/h2-7,12-14H,8-11H2,1H3,(H,25,26,27). The Morgan fingerprint density at radius 3 is 2.61 bits per heavy atom. The van der Waals surface area contributed by atoms with Crippen LogP contribution in [0.2, 0.25) is 5.02 Å². The van der Waals surface area contributed by atoms with Gasteiger partial charge < -0.3 is 10.1 Å². The highest BCUT2D eigenvalue weighted by atomic mass is 35.5. The number of nitrogens with one attached hydrogen (secondary N) is 1. The molecule has 170 valence electrons. The highest BCUT2D eigenvalue weighted by molar-refractivity contribution is 7.89. The molecule has 0 amide bonds. The molecule has 4 aromatic rings. The summed E-state index contributed by atoms with van der Waals surface area (Å²) >= 11 is 7.98. The number of aryl methyl sites for hydroxylation is 1. The minimum Gasteiger partial charge on any atom is -0.379 e. The number of fused-ring (bicyclic) bond motifs is 1. The molecule has 1 aliphatic rings. The van der Waals surface area contributed by atoms with E-state index in [1.165, 1.54) is 33.6 Å². The van der Waals surface area contributed by atoms with Crippen molar-refractivity contribution < 1.29 is 13.2 Å². The van der Waals surface area contributed by atoms with Crippen LogP contribution in [0.4, 0.5) is 11.5 Å². The maximum absolute atomic E-state index is 13.1. The highest BCUT2D eigenvalue weighted by Crippen LogP contribution is 2.38. The molecule has 0 bridgehead atoms. The number of sulfonamides is 1. The Morgan fingerprint density at radius 1 is 1.09 bits per heavy atom. The largest absolute Gasteiger partial charge is 0.379 e. The third-order valence-electron chi connectivity index (χ3n) is 5.53. The number of morpholine rings is 1. The average Bonchev–Trinajstić information content (AvgIpc) is 3.27. The van der Waals surface area contributed by atoms with Crippen LogP contribution in [0.3, 0.4) is 0 Å². The van der Waals surface area contributed by atoms with E-state index < -0.39 is 10.0 Å². The van der Waals surface area contributed by atoms with Crippen molar-refractivity contribution >= 4 is 54.7 Å². The Balaban J connectivity index is 1.54. The summed E-state index contributed by atoms with van der Waals surface area (Å²) < 4.78 is 33.0. The first kappa shape index (κ1) is 22.2. The molecule has 33 heavy (non-hydrogen) atoms. The zero-order valence-corrected chi connectivity index (χ0v) is 20.2. The lowest BCUT2D eigenvalue weighted by molar-refractivity contribution is 0.0730. The summed E-state index contributed by atoms with van der Waals surface area (Å²) in [4.78, 5) is 9.86. The van der Waals surface area contributed by atoms with Crippen LogP contribution in [0.25, 0.3) is 21.3 Å². The van der Waals surface area contributed by atoms with Crippen molar-refractivity contribution in [2.45, 2.75) is 11.8 Å². The number of rotatable bonds is 5. The summed E-state index contributed by atoms with van der Waals surface area (Å²) in [5, 5.41) is 6.57. The number of hydrogen-bond donors (Lipinski definition) is 1. The van der Waals surface area contributed by atoms with Crippen LogP contribution in [-0.4, -0.2) is 49.0 Å². The maximum Gasteiger partial charge on any atom is 0.243 e. The molecule has 3 heterocycles. The van der Waals surface area contributed by atoms with Crippen LogP contribution in [0, 0.1) is 6.92 Å². The first-order chi connectivity index (χ1) is 15.9. The van der Waals surface area contributed by atoms with Gasteiger partial charge in [0.15, 0.2) is 0 Å². The van der Waals surface area contributed by atoms with Gasteiger partial charge in [0.05, 0.1) is 34.2 Å². The molecular weight excluding hydrogens is 480 g/mol. The van der Waals surface area contributed by atoms with Gasteiger partial charge in [-0.05, 0) is 30.7 Å². The van der Waals surface area contributed by atoms with Crippen molar-refractivity contribution in [3.8, 4) is 11.1 Å². The number of benzene rings is 2. The van der Waals surface area contributed by atoms with Gasteiger partial charge in [0.25, 0.3) is 0 Å². The Labute approximate surface area is 201 Å². The molecule has 5 rings (SSSR count). The molecule has 1 N–H and O–H groups in total. The maximum atomic E-state index is 13.1. The summed E-state index contributed by atoms with van der Waals surface area (Å²) in [5.41, 5.74) is 3.70. The van der Waals surface area contributed by atoms with Crippen LogP contribution < -0.4 is 5.32 Å². The molecular formula is C23H21ClN4O3S2. The zero-order valence-electron chi connectivity index (χ0n) is 17.8. The minimum absolute atomic E-state index is 0.172. The van der Waals surface area contributed by atoms with E-state index in [0.717, 1.165) is 21.3 Å². The Kier molecular flexibility index (Phi) is 6.07. The minimum atomic E-state index is -3.66. The summed E-state index contributed by atoms with van der Waals surface area (Å²) in [7, 11) is -3.66. The highest BCUT2D eigenvalue weighted by Gasteiger charge is 2.27. The number of aromatic nitrogens is 2. The van der Waals surface area contributed by atoms with Gasteiger partial charge in [0.1, 0.15) is 17.0 Å². The van der Waals surface area contributed by atoms with Gasteiger partial charge in [0, 0.05) is 24.0 Å². The predicted molar refractivity (Wildman–Crippen MR) is 132 cm³/mol. The van der Waals surface area contributed by atoms with Crippen LogP contribution in [-0.2, 0) is 14.8 Å². The van der Waals surface area contributed by atoms with Gasteiger partial charge >= 0.3 is 0 Å². The van der Waals surface area contributed by atoms with Gasteiger partial charge in [-0.2, -0.15) is 4.31 Å². The van der Waals surface area contributed by atoms with E-state index in [1.54, 1.807) is 12.1 Å². The molecule has 0 spiro atoms. The van der Waals surface area contributed by atoms with Gasteiger partial charge in [-0.25, -0.2) is 18.4 Å². The van der Waals surface area contributed by atoms with Crippen molar-refractivity contribution in [3.05, 3.63) is 64.8 Å². The summed E-state index contributed by atoms with van der Waals surface area (Å²) in [5.74, 6) is 0.569. The van der Waals surface area contributed by atoms with Crippen molar-refractivity contribution in [2.24, 2.45) is 0 Å². The lowest BCUT2D eigenvalue weighted by Crippen LogP contribution is -2.40. The van der Waals surface area contributed by atoms with Crippen molar-refractivity contribution in [2.75, 3.05) is 31.6 Å². The molecule has 0 aliphatic carbocycles. The fourth-order valence-corrected chi connectivity index (χ4v) is 6.26. The van der Waals surface area contributed by atoms with Gasteiger partial charge in [-0.3, -0.25) is 0 Å². The van der Waals surface area contributed by atoms with E-state index in [1.807, 2.05) is 6.92 Å². The fraction of sp³-hybridized carbons (Fsp3) is 0.217. The van der Waals surface area contributed by atoms with Crippen LogP contribution in [0.5, 0.6) is 0 Å². The number of hydrogen-bond acceptors (Lipinski definition) is 7. The third kappa shape index (κ3) is 4.34. The summed E-state index contributed by atoms with van der Waals surface area (Å²) in [6.07, 6.45) is 1.49. The Bertz CT molecular complexity index is 1420. The van der Waals surface area contributed by atoms with Gasteiger partial charge in [-0.1, -0.05) is 41.4 Å². The molecule has 1 fully saturated rings. The third-order valence-corrected chi connectivity index (χ3v) is 8.64. The van der Waals surface area contributed by atoms with Crippen LogP contribution in [0.15, 0.2) is 59.1 Å². The first-order valence-corrected chi connectivity index (χ1v) is 13.1. The topological polar surface area (TPSA) is 84.4 Å². The molecule has 0 atom stereocenters. The SMILES string of the molecule is Cc1ccc(-c2csc3ncnc(Nc4cc(S(=O)(=O)N5CCOCC5)ccc4Cl)c23)cc1. The molecule has 2 aromatic heterocycles. The van der Waals surface area contributed by atoms with Crippen molar-refractivity contribution in [3.63, 3.8) is 0 Å². The van der Waals surface area contributed by atoms with E-state index in [2.05, 4.69) is 44.9 Å². The molecule has 0 saturated carbocycles. The molecule has 7 nitrogen and oxygen atoms in total. The average molecular weight is 501 g/mol. The second-order valence-electron chi connectivity index (χ2n) is 7.70. The number of halogens is 1. The number of nitrogens with zero attached hydrogens (tertiary/aromatic N) is 3. The van der Waals surface area contributed by atoms with Crippen LogP contribution >= 0.6 is 22.9 Å². The Hall–Kier alpha value is -2.56. The van der Waals surface area contributed by atoms with E-state index in [0.29, 0.717) is 42.8 Å². The quantitative estimate of drug-likeness (QED) is 0.411. The fourth-order valence-electron chi connectivity index (χ4n) is 3.74. The van der Waals surface area contributed by atoms with Gasteiger partial charge in [-0.15, -0.1) is 11.3 Å². The normalized spacial score (nSPS) is 15.1. The monoisotopic (exact) mass is 500 g/mol. The molecule has 0 unspecified atom stereocenters. The van der Waals surface area contributed by atoms with E-state index in [9.17, 15) is 8.42 Å². The number of thiophene rings is 1. The van der Waals surface area contributed by atoms with Crippen molar-refractivity contribution in [1.82, 2.24) is 14.3 Å². The molecule has 10 heteroatoms. The van der Waals surface area contributed by atoms with Gasteiger partial charge in [0.2, 0.25) is 10.0 Å². The second kappa shape index (κ2) is 9.00. The van der Waals surface area contributed by atoms with Crippen molar-refractivity contribution in [1.29, 1.82) is 0 Å². The summed E-state index contributed by atoms with van der Waals surface area (Å²) in [6.45, 7) is 3.48. The lowest BCUT2D eigenvalue weighted by Gasteiger charge is -2.26. The Morgan fingerprint density at radius 2 is 1.85 bits per heavy atom. The molecule has 1 aliphatic heterocycles. The predicted octanol–water partition coefficient (Wildman–Crippen LogP) is 5.08. The number of anilines is 2. The number of ether oxygens (including phenoxy) is 1. The smallest absolute Gasteiger partial charge is 0.243 e. The zero-order chi connectivity index (χ0) is 23.0. The molecule has 1 saturated heterocycles.